The van der Waals surface area contributed by atoms with Gasteiger partial charge in [0.05, 0.1) is 24.3 Å². The van der Waals surface area contributed by atoms with Crippen LogP contribution in [0, 0.1) is 23.7 Å². The molecular weight excluding hydrogens is 336 g/mol. The van der Waals surface area contributed by atoms with Gasteiger partial charge in [-0.05, 0) is 24.1 Å². The van der Waals surface area contributed by atoms with Gasteiger partial charge in [0, 0.05) is 17.8 Å². The van der Waals surface area contributed by atoms with E-state index in [0.29, 0.717) is 13.2 Å². The maximum Gasteiger partial charge on any atom is 0.339 e. The maximum atomic E-state index is 12.6. The van der Waals surface area contributed by atoms with Crippen molar-refractivity contribution in [2.45, 2.75) is 11.9 Å². The normalized spacial score (nSPS) is 35.2. The monoisotopic (exact) mass is 354 g/mol. The molecule has 6 heteroatoms. The minimum absolute atomic E-state index is 0.0301. The number of esters is 1. The first-order chi connectivity index (χ1) is 12.6. The number of hydrogen-bond acceptors (Lipinski definition) is 5. The van der Waals surface area contributed by atoms with Gasteiger partial charge in [0.1, 0.15) is 6.10 Å². The summed E-state index contributed by atoms with van der Waals surface area (Å²) in [7, 11) is 0. The second-order valence-electron chi connectivity index (χ2n) is 7.12. The van der Waals surface area contributed by atoms with Crippen molar-refractivity contribution in [3.05, 3.63) is 59.7 Å². The standard InChI is InChI=1S/C20H18O6/c21-18(22)11-3-1-2-4-12(11)19(23)26-16-8-5-13-14-6-7-15(17(13)16)20(14)24-9-10-25-20/h1-8,13-17H,9-10H2,(H,21,22)/t13-,14-,15-,16-,17-/m1/s1. The highest BCUT2D eigenvalue weighted by atomic mass is 16.7. The first-order valence-corrected chi connectivity index (χ1v) is 8.80. The Bertz CT molecular complexity index is 834. The quantitative estimate of drug-likeness (QED) is 0.662. The Hall–Kier alpha value is -2.44. The number of carbonyl (C=O) groups excluding carboxylic acids is 1. The lowest BCUT2D eigenvalue weighted by molar-refractivity contribution is -0.189. The van der Waals surface area contributed by atoms with Gasteiger partial charge in [-0.3, -0.25) is 0 Å². The van der Waals surface area contributed by atoms with Gasteiger partial charge < -0.3 is 19.3 Å². The number of ether oxygens (including phenoxy) is 3. The molecule has 1 saturated carbocycles. The zero-order valence-corrected chi connectivity index (χ0v) is 13.9. The second kappa shape index (κ2) is 5.53. The lowest BCUT2D eigenvalue weighted by atomic mass is 9.84. The first-order valence-electron chi connectivity index (χ1n) is 8.80. The van der Waals surface area contributed by atoms with E-state index < -0.39 is 23.8 Å². The summed E-state index contributed by atoms with van der Waals surface area (Å²) < 4.78 is 17.7. The third-order valence-electron chi connectivity index (χ3n) is 5.99. The summed E-state index contributed by atoms with van der Waals surface area (Å²) in [6.45, 7) is 1.16. The van der Waals surface area contributed by atoms with Gasteiger partial charge in [-0.2, -0.15) is 0 Å². The van der Waals surface area contributed by atoms with Crippen LogP contribution >= 0.6 is 0 Å². The third-order valence-corrected chi connectivity index (χ3v) is 5.99. The summed E-state index contributed by atoms with van der Waals surface area (Å²) in [5.41, 5.74) is 0.0152. The third kappa shape index (κ3) is 2.00. The fourth-order valence-electron chi connectivity index (χ4n) is 5.02. The summed E-state index contributed by atoms with van der Waals surface area (Å²) in [5, 5.41) is 9.29. The number of fused-ring (bicyclic) bond motifs is 3. The zero-order chi connectivity index (χ0) is 17.9. The Morgan fingerprint density at radius 1 is 1.00 bits per heavy atom. The summed E-state index contributed by atoms with van der Waals surface area (Å²) in [6, 6.07) is 6.10. The van der Waals surface area contributed by atoms with Crippen LogP contribution in [-0.4, -0.2) is 42.1 Å². The van der Waals surface area contributed by atoms with Gasteiger partial charge in [-0.1, -0.05) is 30.4 Å². The number of hydrogen-bond donors (Lipinski definition) is 1. The van der Waals surface area contributed by atoms with Gasteiger partial charge >= 0.3 is 11.9 Å². The van der Waals surface area contributed by atoms with Crippen molar-refractivity contribution < 1.29 is 28.9 Å². The Labute approximate surface area is 150 Å². The molecule has 1 aromatic rings. The van der Waals surface area contributed by atoms with Gasteiger partial charge in [-0.15, -0.1) is 0 Å². The summed E-state index contributed by atoms with van der Waals surface area (Å²) in [6.07, 6.45) is 7.82. The molecule has 4 aliphatic rings. The van der Waals surface area contributed by atoms with E-state index in [9.17, 15) is 14.7 Å². The van der Waals surface area contributed by atoms with Crippen LogP contribution in [0.4, 0.5) is 0 Å². The summed E-state index contributed by atoms with van der Waals surface area (Å²) in [5.74, 6) is -1.96. The topological polar surface area (TPSA) is 82.1 Å². The molecule has 0 radical (unpaired) electrons. The summed E-state index contributed by atoms with van der Waals surface area (Å²) >= 11 is 0. The maximum absolute atomic E-state index is 12.6. The van der Waals surface area contributed by atoms with Crippen LogP contribution in [0.15, 0.2) is 48.6 Å². The predicted molar refractivity (Wildman–Crippen MR) is 89.5 cm³/mol. The van der Waals surface area contributed by atoms with E-state index in [2.05, 4.69) is 18.2 Å². The molecule has 1 heterocycles. The molecule has 0 amide bonds. The van der Waals surface area contributed by atoms with E-state index in [4.69, 9.17) is 14.2 Å². The van der Waals surface area contributed by atoms with Crippen molar-refractivity contribution in [3.63, 3.8) is 0 Å². The number of rotatable bonds is 3. The minimum atomic E-state index is -1.15. The van der Waals surface area contributed by atoms with Crippen LogP contribution in [0.25, 0.3) is 0 Å². The van der Waals surface area contributed by atoms with Crippen LogP contribution in [0.2, 0.25) is 0 Å². The molecule has 3 aliphatic carbocycles. The molecule has 134 valence electrons. The van der Waals surface area contributed by atoms with Gasteiger partial charge in [0.2, 0.25) is 0 Å². The van der Waals surface area contributed by atoms with Gasteiger partial charge in [0.25, 0.3) is 0 Å². The van der Waals surface area contributed by atoms with Crippen molar-refractivity contribution in [2.75, 3.05) is 13.2 Å². The molecule has 0 aromatic heterocycles. The molecule has 1 aromatic carbocycles. The van der Waals surface area contributed by atoms with Gasteiger partial charge in [-0.25, -0.2) is 9.59 Å². The highest BCUT2D eigenvalue weighted by Crippen LogP contribution is 2.61. The fraction of sp³-hybridized carbons (Fsp3) is 0.400. The van der Waals surface area contributed by atoms with Gasteiger partial charge in [0.15, 0.2) is 5.79 Å². The van der Waals surface area contributed by atoms with E-state index in [0.717, 1.165) is 0 Å². The molecule has 2 bridgehead atoms. The Morgan fingerprint density at radius 2 is 1.69 bits per heavy atom. The molecule has 2 fully saturated rings. The van der Waals surface area contributed by atoms with Crippen LogP contribution in [0.3, 0.4) is 0 Å². The molecule has 1 N–H and O–H groups in total. The molecule has 1 saturated heterocycles. The Balaban J connectivity index is 1.40. The lowest BCUT2D eigenvalue weighted by Gasteiger charge is -2.30. The number of benzene rings is 1. The lowest BCUT2D eigenvalue weighted by Crippen LogP contribution is -2.39. The average molecular weight is 354 g/mol. The number of carbonyl (C=O) groups is 2. The van der Waals surface area contributed by atoms with E-state index in [1.165, 1.54) is 12.1 Å². The minimum Gasteiger partial charge on any atom is -0.478 e. The van der Waals surface area contributed by atoms with Crippen molar-refractivity contribution in [1.29, 1.82) is 0 Å². The molecule has 6 nitrogen and oxygen atoms in total. The SMILES string of the molecule is O=C(O)c1ccccc1C(=O)O[C@@H]1C=C[C@H]2[C@@H]1[C@H]1C=C[C@H]2C12OCCO2. The second-order valence-corrected chi connectivity index (χ2v) is 7.12. The van der Waals surface area contributed by atoms with E-state index in [-0.39, 0.29) is 34.8 Å². The first kappa shape index (κ1) is 15.8. The smallest absolute Gasteiger partial charge is 0.339 e. The molecule has 0 unspecified atom stereocenters. The predicted octanol–water partition coefficient (Wildman–Crippen LogP) is 2.27. The number of aromatic carboxylic acids is 1. The molecule has 1 aliphatic heterocycles. The largest absolute Gasteiger partial charge is 0.478 e. The summed E-state index contributed by atoms with van der Waals surface area (Å²) in [4.78, 5) is 24.0. The fourth-order valence-corrected chi connectivity index (χ4v) is 5.02. The highest BCUT2D eigenvalue weighted by molar-refractivity contribution is 6.02. The molecule has 5 atom stereocenters. The zero-order valence-electron chi connectivity index (χ0n) is 13.9. The molecule has 26 heavy (non-hydrogen) atoms. The Morgan fingerprint density at radius 3 is 2.42 bits per heavy atom. The molecule has 5 rings (SSSR count). The van der Waals surface area contributed by atoms with Crippen LogP contribution in [-0.2, 0) is 14.2 Å². The highest BCUT2D eigenvalue weighted by Gasteiger charge is 2.67. The Kier molecular flexibility index (Phi) is 3.36. The van der Waals surface area contributed by atoms with Crippen molar-refractivity contribution in [1.82, 2.24) is 0 Å². The van der Waals surface area contributed by atoms with Crippen LogP contribution in [0.1, 0.15) is 20.7 Å². The molecule has 1 spiro atoms. The van der Waals surface area contributed by atoms with Crippen LogP contribution in [0.5, 0.6) is 0 Å². The van der Waals surface area contributed by atoms with Crippen molar-refractivity contribution in [2.24, 2.45) is 23.7 Å². The van der Waals surface area contributed by atoms with Crippen LogP contribution < -0.4 is 0 Å². The number of carboxylic acids is 1. The van der Waals surface area contributed by atoms with E-state index in [1.807, 2.05) is 6.08 Å². The van der Waals surface area contributed by atoms with Crippen molar-refractivity contribution >= 4 is 11.9 Å². The van der Waals surface area contributed by atoms with E-state index >= 15 is 0 Å². The molecular formula is C20H18O6. The van der Waals surface area contributed by atoms with Crippen molar-refractivity contribution in [3.8, 4) is 0 Å². The average Bonchev–Trinajstić information content (AvgIpc) is 3.40. The van der Waals surface area contributed by atoms with E-state index in [1.54, 1.807) is 12.1 Å². The number of carboxylic acid groups (broad SMARTS) is 1. The number of allylic oxidation sites excluding steroid dienone is 1.